The van der Waals surface area contributed by atoms with Gasteiger partial charge in [0.15, 0.2) is 9.84 Å². The Labute approximate surface area is 283 Å². The third-order valence-electron chi connectivity index (χ3n) is 7.58. The van der Waals surface area contributed by atoms with Gasteiger partial charge >= 0.3 is 6.03 Å². The van der Waals surface area contributed by atoms with Gasteiger partial charge in [-0.2, -0.15) is 10.1 Å². The summed E-state index contributed by atoms with van der Waals surface area (Å²) < 4.78 is 33.0. The molecule has 2 aromatic heterocycles. The Balaban J connectivity index is 1.14. The minimum atomic E-state index is -3.31. The summed E-state index contributed by atoms with van der Waals surface area (Å²) in [5.41, 5.74) is 3.78. The number of carbonyl (C=O) groups is 1. The molecule has 47 heavy (non-hydrogen) atoms. The van der Waals surface area contributed by atoms with Crippen LogP contribution < -0.4 is 15.4 Å². The molecule has 0 spiro atoms. The van der Waals surface area contributed by atoms with Gasteiger partial charge in [0, 0.05) is 24.8 Å². The molecule has 6 rings (SSSR count). The summed E-state index contributed by atoms with van der Waals surface area (Å²) in [6.45, 7) is 6.06. The van der Waals surface area contributed by atoms with E-state index in [-0.39, 0.29) is 38.5 Å². The fourth-order valence-corrected chi connectivity index (χ4v) is 6.98. The normalized spacial score (nSPS) is 13.1. The van der Waals surface area contributed by atoms with Gasteiger partial charge in [-0.15, -0.1) is 0 Å². The molecule has 1 aliphatic rings. The van der Waals surface area contributed by atoms with E-state index >= 15 is 0 Å². The van der Waals surface area contributed by atoms with Crippen LogP contribution in [0.5, 0.6) is 11.6 Å². The van der Waals surface area contributed by atoms with Crippen LogP contribution in [0.3, 0.4) is 0 Å². The number of urea groups is 1. The summed E-state index contributed by atoms with van der Waals surface area (Å²) in [7, 11) is -3.31. The number of sulfone groups is 1. The van der Waals surface area contributed by atoms with E-state index in [1.54, 1.807) is 47.3 Å². The summed E-state index contributed by atoms with van der Waals surface area (Å²) >= 11 is 13.1. The average Bonchev–Trinajstić information content (AvgIpc) is 3.83. The highest BCUT2D eigenvalue weighted by atomic mass is 35.5. The van der Waals surface area contributed by atoms with Crippen LogP contribution in [0.25, 0.3) is 5.69 Å². The topological polar surface area (TPSA) is 128 Å². The van der Waals surface area contributed by atoms with Crippen LogP contribution in [0.15, 0.2) is 83.9 Å². The van der Waals surface area contributed by atoms with Crippen molar-refractivity contribution >= 4 is 50.6 Å². The van der Waals surface area contributed by atoms with E-state index in [1.165, 1.54) is 0 Å². The zero-order valence-electron chi connectivity index (χ0n) is 25.9. The molecule has 0 atom stereocenters. The second-order valence-electron chi connectivity index (χ2n) is 11.7. The molecule has 13 heteroatoms. The van der Waals surface area contributed by atoms with Crippen molar-refractivity contribution in [2.24, 2.45) is 0 Å². The summed E-state index contributed by atoms with van der Waals surface area (Å²) in [6.07, 6.45) is 3.25. The molecule has 5 aromatic rings. The smallest absolute Gasteiger partial charge is 0.324 e. The van der Waals surface area contributed by atoms with Gasteiger partial charge in [-0.1, -0.05) is 66.9 Å². The Morgan fingerprint density at radius 2 is 1.77 bits per heavy atom. The Morgan fingerprint density at radius 3 is 2.49 bits per heavy atom. The second-order valence-corrected chi connectivity index (χ2v) is 14.6. The fourth-order valence-electron chi connectivity index (χ4n) is 4.85. The van der Waals surface area contributed by atoms with Gasteiger partial charge in [0.05, 0.1) is 32.2 Å². The number of hydrogen-bond donors (Lipinski definition) is 2. The highest BCUT2D eigenvalue weighted by molar-refractivity contribution is 7.92. The zero-order valence-corrected chi connectivity index (χ0v) is 28.2. The number of benzene rings is 3. The number of rotatable bonds is 10. The van der Waals surface area contributed by atoms with E-state index in [0.717, 1.165) is 22.5 Å². The lowest BCUT2D eigenvalue weighted by atomic mass is 10.1. The van der Waals surface area contributed by atoms with Crippen molar-refractivity contribution in [3.63, 3.8) is 0 Å². The standard InChI is InChI=1S/C34H32Cl2N6O4S/c1-20(2)27-19-30(42(41-27)23-9-7-21(3)8-10-23)40-34(43)38-26-13-14-28(33(36)32(26)35)46-31-15-16-37-29(39-31)18-22-5-4-6-25(17-22)47(44,45)24-11-12-24/h4-10,13-17,19-20,24H,11-12,18H2,1-3H3,(H2,38,40,43). The van der Waals surface area contributed by atoms with Gasteiger partial charge in [-0.05, 0) is 67.6 Å². The lowest BCUT2D eigenvalue weighted by molar-refractivity contribution is 0.262. The number of nitrogens with one attached hydrogen (secondary N) is 2. The van der Waals surface area contributed by atoms with E-state index < -0.39 is 15.9 Å². The van der Waals surface area contributed by atoms with Crippen LogP contribution in [0, 0.1) is 6.92 Å². The maximum Gasteiger partial charge on any atom is 0.324 e. The maximum atomic E-state index is 13.1. The molecular weight excluding hydrogens is 659 g/mol. The van der Waals surface area contributed by atoms with Crippen LogP contribution >= 0.6 is 23.2 Å². The van der Waals surface area contributed by atoms with E-state index in [9.17, 15) is 13.2 Å². The summed E-state index contributed by atoms with van der Waals surface area (Å²) in [6, 6.07) is 20.7. The molecule has 0 saturated heterocycles. The number of aromatic nitrogens is 4. The maximum absolute atomic E-state index is 13.1. The summed E-state index contributed by atoms with van der Waals surface area (Å²) in [4.78, 5) is 22.2. The van der Waals surface area contributed by atoms with Crippen molar-refractivity contribution in [2.45, 2.75) is 56.1 Å². The quantitative estimate of drug-likeness (QED) is 0.151. The van der Waals surface area contributed by atoms with Crippen LogP contribution in [-0.4, -0.2) is 39.4 Å². The van der Waals surface area contributed by atoms with Crippen molar-refractivity contribution in [3.05, 3.63) is 112 Å². The molecule has 1 aliphatic carbocycles. The predicted octanol–water partition coefficient (Wildman–Crippen LogP) is 8.36. The number of amides is 2. The number of aryl methyl sites for hydroxylation is 1. The van der Waals surface area contributed by atoms with Gasteiger partial charge in [0.1, 0.15) is 22.4 Å². The average molecular weight is 692 g/mol. The SMILES string of the molecule is Cc1ccc(-n2nc(C(C)C)cc2NC(=O)Nc2ccc(Oc3ccnc(Cc4cccc(S(=O)(=O)C5CC5)c4)n3)c(Cl)c2Cl)cc1. The molecule has 3 aromatic carbocycles. The lowest BCUT2D eigenvalue weighted by Gasteiger charge is -2.14. The first-order valence-corrected chi connectivity index (χ1v) is 17.3. The van der Waals surface area contributed by atoms with Gasteiger partial charge in [-0.25, -0.2) is 22.9 Å². The van der Waals surface area contributed by atoms with E-state index in [2.05, 4.69) is 25.7 Å². The largest absolute Gasteiger partial charge is 0.437 e. The van der Waals surface area contributed by atoms with Gasteiger partial charge in [0.25, 0.3) is 0 Å². The van der Waals surface area contributed by atoms with Gasteiger partial charge in [0.2, 0.25) is 5.88 Å². The molecule has 2 heterocycles. The minimum Gasteiger partial charge on any atom is -0.437 e. The van der Waals surface area contributed by atoms with E-state index in [0.29, 0.717) is 35.8 Å². The lowest BCUT2D eigenvalue weighted by Crippen LogP contribution is -2.21. The first-order chi connectivity index (χ1) is 22.5. The van der Waals surface area contributed by atoms with Crippen molar-refractivity contribution in [1.82, 2.24) is 19.7 Å². The second kappa shape index (κ2) is 13.3. The molecule has 10 nitrogen and oxygen atoms in total. The molecule has 2 N–H and O–H groups in total. The number of carbonyl (C=O) groups excluding carboxylic acids is 1. The number of ether oxygens (including phenoxy) is 1. The molecule has 0 unspecified atom stereocenters. The molecule has 0 aliphatic heterocycles. The van der Waals surface area contributed by atoms with Gasteiger partial charge in [-0.3, -0.25) is 5.32 Å². The third-order valence-corrected chi connectivity index (χ3v) is 10.7. The molecular formula is C34H32Cl2N6O4S. The molecule has 242 valence electrons. The van der Waals surface area contributed by atoms with E-state index in [1.807, 2.05) is 57.2 Å². The van der Waals surface area contributed by atoms with Crippen LogP contribution in [0.1, 0.15) is 55.3 Å². The van der Waals surface area contributed by atoms with Crippen molar-refractivity contribution in [2.75, 3.05) is 10.6 Å². The molecule has 0 radical (unpaired) electrons. The van der Waals surface area contributed by atoms with Crippen LogP contribution in [0.4, 0.5) is 16.3 Å². The van der Waals surface area contributed by atoms with Gasteiger partial charge < -0.3 is 10.1 Å². The Kier molecular flexibility index (Phi) is 9.23. The number of hydrogen-bond acceptors (Lipinski definition) is 7. The molecule has 2 amide bonds. The van der Waals surface area contributed by atoms with Crippen molar-refractivity contribution < 1.29 is 17.9 Å². The van der Waals surface area contributed by atoms with Crippen LogP contribution in [0.2, 0.25) is 10.0 Å². The Hall–Kier alpha value is -4.45. The third kappa shape index (κ3) is 7.43. The van der Waals surface area contributed by atoms with Crippen LogP contribution in [-0.2, 0) is 16.3 Å². The molecule has 0 bridgehead atoms. The first kappa shape index (κ1) is 32.5. The number of anilines is 2. The minimum absolute atomic E-state index is 0.0782. The highest BCUT2D eigenvalue weighted by Crippen LogP contribution is 2.39. The number of halogens is 2. The summed E-state index contributed by atoms with van der Waals surface area (Å²) in [5, 5.41) is 10.2. The predicted molar refractivity (Wildman–Crippen MR) is 183 cm³/mol. The van der Waals surface area contributed by atoms with Crippen molar-refractivity contribution in [3.8, 4) is 17.3 Å². The highest BCUT2D eigenvalue weighted by Gasteiger charge is 2.36. The van der Waals surface area contributed by atoms with Crippen molar-refractivity contribution in [1.29, 1.82) is 0 Å². The Bertz CT molecular complexity index is 2060. The first-order valence-electron chi connectivity index (χ1n) is 15.0. The summed E-state index contributed by atoms with van der Waals surface area (Å²) in [5.74, 6) is 1.53. The Morgan fingerprint density at radius 1 is 1.00 bits per heavy atom. The monoisotopic (exact) mass is 690 g/mol. The molecule has 1 fully saturated rings. The fraction of sp³-hybridized carbons (Fsp3) is 0.235. The molecule has 1 saturated carbocycles. The van der Waals surface area contributed by atoms with E-state index in [4.69, 9.17) is 27.9 Å². The number of nitrogens with zero attached hydrogens (tertiary/aromatic N) is 4. The zero-order chi connectivity index (χ0) is 33.3.